The van der Waals surface area contributed by atoms with E-state index in [1.54, 1.807) is 0 Å². The molecule has 1 aromatic carbocycles. The van der Waals surface area contributed by atoms with Crippen molar-refractivity contribution in [1.29, 1.82) is 0 Å². The van der Waals surface area contributed by atoms with Crippen LogP contribution in [0.15, 0.2) is 16.6 Å². The fraction of sp³-hybridized carbons (Fsp3) is 0.600. The summed E-state index contributed by atoms with van der Waals surface area (Å²) in [5, 5.41) is 3.88. The number of rotatable bonds is 8. The number of benzene rings is 1. The highest BCUT2D eigenvalue weighted by atomic mass is 79.9. The van der Waals surface area contributed by atoms with Gasteiger partial charge in [-0.3, -0.25) is 0 Å². The molecule has 0 aromatic heterocycles. The molecule has 2 atom stereocenters. The lowest BCUT2D eigenvalue weighted by Crippen LogP contribution is -2.34. The molecule has 0 heterocycles. The van der Waals surface area contributed by atoms with Gasteiger partial charge in [-0.2, -0.15) is 11.8 Å². The van der Waals surface area contributed by atoms with E-state index in [-0.39, 0.29) is 11.6 Å². The Bertz CT molecular complexity index is 429. The Balaban J connectivity index is 2.77. The van der Waals surface area contributed by atoms with Crippen LogP contribution < -0.4 is 5.32 Å². The van der Waals surface area contributed by atoms with Gasteiger partial charge < -0.3 is 5.32 Å². The number of thioether (sulfide) groups is 1. The maximum absolute atomic E-state index is 14.0. The van der Waals surface area contributed by atoms with Crippen molar-refractivity contribution in [1.82, 2.24) is 5.32 Å². The Labute approximate surface area is 133 Å². The summed E-state index contributed by atoms with van der Waals surface area (Å²) in [4.78, 5) is 0. The second-order valence-corrected chi connectivity index (χ2v) is 7.16. The van der Waals surface area contributed by atoms with E-state index >= 15 is 0 Å². The molecule has 114 valence electrons. The number of likely N-dealkylation sites (N-methyl/N-ethyl adjacent to an activating group) is 1. The minimum absolute atomic E-state index is 0.0808. The number of nitrogens with one attached hydrogen (secondary N) is 1. The van der Waals surface area contributed by atoms with Crippen molar-refractivity contribution in [2.45, 2.75) is 44.9 Å². The van der Waals surface area contributed by atoms with E-state index in [9.17, 15) is 8.78 Å². The van der Waals surface area contributed by atoms with Gasteiger partial charge in [0.15, 0.2) is 0 Å². The molecular formula is C15H22BrF2NS. The topological polar surface area (TPSA) is 12.0 Å². The SMILES string of the molecule is CCNC(CSC(C)CC)Cc1c(F)ccc(Br)c1F. The highest BCUT2D eigenvalue weighted by Gasteiger charge is 2.18. The maximum atomic E-state index is 14.0. The Morgan fingerprint density at radius 1 is 1.30 bits per heavy atom. The average Bonchev–Trinajstić information content (AvgIpc) is 2.44. The molecule has 0 spiro atoms. The molecule has 0 amide bonds. The molecule has 20 heavy (non-hydrogen) atoms. The van der Waals surface area contributed by atoms with Crippen molar-refractivity contribution in [2.24, 2.45) is 0 Å². The van der Waals surface area contributed by atoms with Crippen molar-refractivity contribution in [3.8, 4) is 0 Å². The van der Waals surface area contributed by atoms with Crippen LogP contribution in [0, 0.1) is 11.6 Å². The lowest BCUT2D eigenvalue weighted by molar-refractivity contribution is 0.509. The van der Waals surface area contributed by atoms with E-state index in [1.807, 2.05) is 18.7 Å². The van der Waals surface area contributed by atoms with Crippen LogP contribution in [0.2, 0.25) is 0 Å². The standard InChI is InChI=1S/C15H22BrF2NS/c1-4-10(3)20-9-11(19-5-2)8-12-14(17)7-6-13(16)15(12)18/h6-7,10-11,19H,4-5,8-9H2,1-3H3. The third-order valence-electron chi connectivity index (χ3n) is 3.24. The van der Waals surface area contributed by atoms with Crippen LogP contribution in [0.1, 0.15) is 32.8 Å². The van der Waals surface area contributed by atoms with Gasteiger partial charge >= 0.3 is 0 Å². The summed E-state index contributed by atoms with van der Waals surface area (Å²) in [7, 11) is 0. The largest absolute Gasteiger partial charge is 0.313 e. The Hall–Kier alpha value is -0.130. The first kappa shape index (κ1) is 17.9. The molecule has 0 aliphatic rings. The van der Waals surface area contributed by atoms with E-state index in [1.165, 1.54) is 12.1 Å². The van der Waals surface area contributed by atoms with Gasteiger partial charge in [-0.1, -0.05) is 20.8 Å². The van der Waals surface area contributed by atoms with Gasteiger partial charge in [0.25, 0.3) is 0 Å². The van der Waals surface area contributed by atoms with Gasteiger partial charge in [0.05, 0.1) is 4.47 Å². The molecule has 0 radical (unpaired) electrons. The second-order valence-electron chi connectivity index (χ2n) is 4.83. The van der Waals surface area contributed by atoms with Gasteiger partial charge in [-0.05, 0) is 47.4 Å². The molecule has 0 aliphatic carbocycles. The molecule has 1 rings (SSSR count). The van der Waals surface area contributed by atoms with Gasteiger partial charge in [-0.15, -0.1) is 0 Å². The van der Waals surface area contributed by atoms with Crippen LogP contribution in [-0.2, 0) is 6.42 Å². The number of halogens is 3. The maximum Gasteiger partial charge on any atom is 0.143 e. The zero-order valence-corrected chi connectivity index (χ0v) is 14.6. The molecule has 0 aliphatic heterocycles. The first-order chi connectivity index (χ1) is 9.49. The van der Waals surface area contributed by atoms with Crippen LogP contribution in [0.3, 0.4) is 0 Å². The highest BCUT2D eigenvalue weighted by Crippen LogP contribution is 2.24. The molecule has 1 nitrogen and oxygen atoms in total. The van der Waals surface area contributed by atoms with Crippen LogP contribution in [0.25, 0.3) is 0 Å². The summed E-state index contributed by atoms with van der Waals surface area (Å²) in [6.45, 7) is 7.12. The Morgan fingerprint density at radius 3 is 2.60 bits per heavy atom. The van der Waals surface area contributed by atoms with Gasteiger partial charge in [-0.25, -0.2) is 8.78 Å². The monoisotopic (exact) mass is 365 g/mol. The summed E-state index contributed by atoms with van der Waals surface area (Å²) >= 11 is 4.96. The van der Waals surface area contributed by atoms with Crippen LogP contribution in [0.5, 0.6) is 0 Å². The first-order valence-corrected chi connectivity index (χ1v) is 8.81. The second kappa shape index (κ2) is 9.00. The molecule has 0 saturated carbocycles. The highest BCUT2D eigenvalue weighted by molar-refractivity contribution is 9.10. The minimum Gasteiger partial charge on any atom is -0.313 e. The van der Waals surface area contributed by atoms with Crippen molar-refractivity contribution in [3.05, 3.63) is 33.8 Å². The number of hydrogen-bond acceptors (Lipinski definition) is 2. The minimum atomic E-state index is -0.485. The molecule has 0 bridgehead atoms. The van der Waals surface area contributed by atoms with Gasteiger partial charge in [0, 0.05) is 22.6 Å². The molecular weight excluding hydrogens is 344 g/mol. The summed E-state index contributed by atoms with van der Waals surface area (Å²) < 4.78 is 28.1. The molecule has 2 unspecified atom stereocenters. The number of hydrogen-bond donors (Lipinski definition) is 1. The predicted octanol–water partition coefficient (Wildman–Crippen LogP) is 4.78. The van der Waals surface area contributed by atoms with E-state index < -0.39 is 11.6 Å². The van der Waals surface area contributed by atoms with Crippen molar-refractivity contribution in [3.63, 3.8) is 0 Å². The zero-order valence-electron chi connectivity index (χ0n) is 12.2. The van der Waals surface area contributed by atoms with Gasteiger partial charge in [0.2, 0.25) is 0 Å². The van der Waals surface area contributed by atoms with Crippen LogP contribution in [-0.4, -0.2) is 23.6 Å². The summed E-state index contributed by atoms with van der Waals surface area (Å²) in [5.74, 6) is -0.0996. The first-order valence-electron chi connectivity index (χ1n) is 6.96. The fourth-order valence-corrected chi connectivity index (χ4v) is 3.28. The third kappa shape index (κ3) is 5.34. The summed E-state index contributed by atoms with van der Waals surface area (Å²) in [5.41, 5.74) is 0.162. The van der Waals surface area contributed by atoms with Crippen molar-refractivity contribution >= 4 is 27.7 Å². The summed E-state index contributed by atoms with van der Waals surface area (Å²) in [6, 6.07) is 2.80. The Morgan fingerprint density at radius 2 is 2.00 bits per heavy atom. The van der Waals surface area contributed by atoms with E-state index in [2.05, 4.69) is 35.1 Å². The lowest BCUT2D eigenvalue weighted by atomic mass is 10.1. The van der Waals surface area contributed by atoms with E-state index in [4.69, 9.17) is 0 Å². The zero-order chi connectivity index (χ0) is 15.1. The van der Waals surface area contributed by atoms with Crippen LogP contribution >= 0.6 is 27.7 Å². The predicted molar refractivity (Wildman–Crippen MR) is 87.4 cm³/mol. The van der Waals surface area contributed by atoms with E-state index in [0.717, 1.165) is 18.7 Å². The van der Waals surface area contributed by atoms with Crippen molar-refractivity contribution < 1.29 is 8.78 Å². The smallest absolute Gasteiger partial charge is 0.143 e. The normalized spacial score (nSPS) is 14.3. The molecule has 1 N–H and O–H groups in total. The fourth-order valence-electron chi connectivity index (χ4n) is 1.88. The Kier molecular flexibility index (Phi) is 8.07. The molecule has 5 heteroatoms. The summed E-state index contributed by atoms with van der Waals surface area (Å²) in [6.07, 6.45) is 1.47. The molecule has 0 fully saturated rings. The third-order valence-corrected chi connectivity index (χ3v) is 5.35. The van der Waals surface area contributed by atoms with Crippen molar-refractivity contribution in [2.75, 3.05) is 12.3 Å². The molecule has 0 saturated heterocycles. The lowest BCUT2D eigenvalue weighted by Gasteiger charge is -2.20. The van der Waals surface area contributed by atoms with E-state index in [0.29, 0.717) is 16.1 Å². The quantitative estimate of drug-likeness (QED) is 0.665. The van der Waals surface area contributed by atoms with Gasteiger partial charge in [0.1, 0.15) is 11.6 Å². The molecule has 1 aromatic rings. The van der Waals surface area contributed by atoms with Crippen LogP contribution in [0.4, 0.5) is 8.78 Å². The average molecular weight is 366 g/mol.